The second-order valence-corrected chi connectivity index (χ2v) is 5.69. The molecule has 1 aliphatic heterocycles. The van der Waals surface area contributed by atoms with Gasteiger partial charge in [-0.1, -0.05) is 0 Å². The van der Waals surface area contributed by atoms with Gasteiger partial charge in [0.15, 0.2) is 0 Å². The standard InChI is InChI=1S/C18H19N3O2/c1-3-23-18(22)21-8-6-14-12(2)15-10-13(11-19)4-5-16(15)20-17(14)7-9-21/h4-5,10H,3,6-9H2,1-2H3. The van der Waals surface area contributed by atoms with E-state index in [4.69, 9.17) is 15.0 Å². The molecule has 0 fully saturated rings. The fraction of sp³-hybridized carbons (Fsp3) is 0.389. The number of nitriles is 1. The molecule has 0 saturated carbocycles. The topological polar surface area (TPSA) is 66.2 Å². The Kier molecular flexibility index (Phi) is 4.16. The van der Waals surface area contributed by atoms with E-state index >= 15 is 0 Å². The van der Waals surface area contributed by atoms with Crippen molar-refractivity contribution in [3.05, 3.63) is 40.6 Å². The van der Waals surface area contributed by atoms with E-state index in [0.717, 1.165) is 35.0 Å². The van der Waals surface area contributed by atoms with Crippen LogP contribution >= 0.6 is 0 Å². The highest BCUT2D eigenvalue weighted by atomic mass is 16.6. The van der Waals surface area contributed by atoms with E-state index in [9.17, 15) is 4.79 Å². The van der Waals surface area contributed by atoms with Crippen LogP contribution in [0.1, 0.15) is 29.3 Å². The molecule has 0 unspecified atom stereocenters. The summed E-state index contributed by atoms with van der Waals surface area (Å²) in [6.45, 7) is 5.54. The van der Waals surface area contributed by atoms with Crippen molar-refractivity contribution in [1.29, 1.82) is 5.26 Å². The molecule has 0 aliphatic carbocycles. The van der Waals surface area contributed by atoms with Gasteiger partial charge in [0, 0.05) is 30.6 Å². The Morgan fingerprint density at radius 2 is 2.17 bits per heavy atom. The first-order valence-electron chi connectivity index (χ1n) is 7.88. The van der Waals surface area contributed by atoms with Crippen molar-refractivity contribution < 1.29 is 9.53 Å². The predicted octanol–water partition coefficient (Wildman–Crippen LogP) is 2.97. The molecule has 1 aromatic carbocycles. The zero-order valence-corrected chi connectivity index (χ0v) is 13.4. The second kappa shape index (κ2) is 6.25. The molecule has 23 heavy (non-hydrogen) atoms. The summed E-state index contributed by atoms with van der Waals surface area (Å²) in [4.78, 5) is 18.5. The Morgan fingerprint density at radius 3 is 2.91 bits per heavy atom. The van der Waals surface area contributed by atoms with Crippen LogP contribution in [0.15, 0.2) is 18.2 Å². The van der Waals surface area contributed by atoms with E-state index in [0.29, 0.717) is 25.3 Å². The van der Waals surface area contributed by atoms with E-state index in [1.54, 1.807) is 11.0 Å². The average Bonchev–Trinajstić information content (AvgIpc) is 2.78. The van der Waals surface area contributed by atoms with E-state index in [1.807, 2.05) is 19.1 Å². The number of benzene rings is 1. The number of rotatable bonds is 1. The zero-order chi connectivity index (χ0) is 16.4. The monoisotopic (exact) mass is 309 g/mol. The molecule has 1 amide bonds. The van der Waals surface area contributed by atoms with E-state index in [2.05, 4.69) is 13.0 Å². The molecular weight excluding hydrogens is 290 g/mol. The summed E-state index contributed by atoms with van der Waals surface area (Å²) in [6, 6.07) is 7.76. The van der Waals surface area contributed by atoms with Crippen LogP contribution in [0.3, 0.4) is 0 Å². The van der Waals surface area contributed by atoms with Crippen molar-refractivity contribution in [3.63, 3.8) is 0 Å². The van der Waals surface area contributed by atoms with Crippen molar-refractivity contribution in [2.75, 3.05) is 19.7 Å². The third kappa shape index (κ3) is 2.85. The lowest BCUT2D eigenvalue weighted by molar-refractivity contribution is 0.109. The number of nitrogens with zero attached hydrogens (tertiary/aromatic N) is 3. The summed E-state index contributed by atoms with van der Waals surface area (Å²) >= 11 is 0. The van der Waals surface area contributed by atoms with Gasteiger partial charge in [0.2, 0.25) is 0 Å². The van der Waals surface area contributed by atoms with Crippen LogP contribution in [0.2, 0.25) is 0 Å². The van der Waals surface area contributed by atoms with Crippen molar-refractivity contribution in [3.8, 4) is 6.07 Å². The molecule has 0 atom stereocenters. The van der Waals surface area contributed by atoms with Crippen LogP contribution in [0.25, 0.3) is 10.9 Å². The van der Waals surface area contributed by atoms with Crippen LogP contribution in [0, 0.1) is 18.3 Å². The van der Waals surface area contributed by atoms with Gasteiger partial charge >= 0.3 is 6.09 Å². The lowest BCUT2D eigenvalue weighted by atomic mass is 9.97. The maximum Gasteiger partial charge on any atom is 0.409 e. The van der Waals surface area contributed by atoms with Crippen LogP contribution < -0.4 is 0 Å². The van der Waals surface area contributed by atoms with E-state index in [1.165, 1.54) is 5.56 Å². The van der Waals surface area contributed by atoms with Gasteiger partial charge in [0.25, 0.3) is 0 Å². The van der Waals surface area contributed by atoms with Gasteiger partial charge in [-0.3, -0.25) is 4.98 Å². The Hall–Kier alpha value is -2.61. The van der Waals surface area contributed by atoms with Crippen molar-refractivity contribution in [2.24, 2.45) is 0 Å². The van der Waals surface area contributed by atoms with Crippen molar-refractivity contribution in [1.82, 2.24) is 9.88 Å². The molecule has 1 aliphatic rings. The molecule has 0 bridgehead atoms. The molecule has 0 radical (unpaired) electrons. The predicted molar refractivity (Wildman–Crippen MR) is 87.2 cm³/mol. The molecule has 3 rings (SSSR count). The van der Waals surface area contributed by atoms with Gasteiger partial charge < -0.3 is 9.64 Å². The maximum absolute atomic E-state index is 12.0. The molecule has 2 heterocycles. The quantitative estimate of drug-likeness (QED) is 0.812. The van der Waals surface area contributed by atoms with Gasteiger partial charge in [-0.15, -0.1) is 0 Å². The lowest BCUT2D eigenvalue weighted by Gasteiger charge is -2.18. The summed E-state index contributed by atoms with van der Waals surface area (Å²) in [5.41, 5.74) is 4.95. The largest absolute Gasteiger partial charge is 0.450 e. The first kappa shape index (κ1) is 15.3. The number of ether oxygens (including phenoxy) is 1. The second-order valence-electron chi connectivity index (χ2n) is 5.69. The number of pyridine rings is 1. The highest BCUT2D eigenvalue weighted by Gasteiger charge is 2.22. The average molecular weight is 309 g/mol. The summed E-state index contributed by atoms with van der Waals surface area (Å²) in [6.07, 6.45) is 1.24. The third-order valence-corrected chi connectivity index (χ3v) is 4.36. The van der Waals surface area contributed by atoms with Gasteiger partial charge in [-0.05, 0) is 49.6 Å². The molecular formula is C18H19N3O2. The summed E-state index contributed by atoms with van der Waals surface area (Å²) in [5, 5.41) is 10.1. The molecule has 5 nitrogen and oxygen atoms in total. The van der Waals surface area contributed by atoms with E-state index in [-0.39, 0.29) is 6.09 Å². The summed E-state index contributed by atoms with van der Waals surface area (Å²) < 4.78 is 5.10. The minimum Gasteiger partial charge on any atom is -0.450 e. The Labute approximate surface area is 135 Å². The molecule has 0 saturated heterocycles. The number of carbonyl (C=O) groups excluding carboxylic acids is 1. The van der Waals surface area contributed by atoms with Gasteiger partial charge in [-0.2, -0.15) is 5.26 Å². The van der Waals surface area contributed by atoms with Crippen LogP contribution in [-0.2, 0) is 17.6 Å². The zero-order valence-electron chi connectivity index (χ0n) is 13.4. The summed E-state index contributed by atoms with van der Waals surface area (Å²) in [7, 11) is 0. The van der Waals surface area contributed by atoms with Crippen molar-refractivity contribution >= 4 is 17.0 Å². The molecule has 1 aromatic heterocycles. The molecule has 0 spiro atoms. The fourth-order valence-electron chi connectivity index (χ4n) is 3.13. The number of carbonyl (C=O) groups is 1. The number of hydrogen-bond donors (Lipinski definition) is 0. The first-order chi connectivity index (χ1) is 11.1. The number of aryl methyl sites for hydroxylation is 1. The SMILES string of the molecule is CCOC(=O)N1CCc2nc3ccc(C#N)cc3c(C)c2CC1. The minimum atomic E-state index is -0.255. The van der Waals surface area contributed by atoms with Crippen molar-refractivity contribution in [2.45, 2.75) is 26.7 Å². The molecule has 5 heteroatoms. The molecule has 118 valence electrons. The van der Waals surface area contributed by atoms with Crippen LogP contribution in [0.5, 0.6) is 0 Å². The third-order valence-electron chi connectivity index (χ3n) is 4.36. The smallest absolute Gasteiger partial charge is 0.409 e. The Bertz CT molecular complexity index is 808. The lowest BCUT2D eigenvalue weighted by Crippen LogP contribution is -2.33. The Balaban J connectivity index is 1.98. The minimum absolute atomic E-state index is 0.255. The maximum atomic E-state index is 12.0. The number of fused-ring (bicyclic) bond motifs is 2. The highest BCUT2D eigenvalue weighted by molar-refractivity contribution is 5.85. The number of amides is 1. The van der Waals surface area contributed by atoms with Crippen LogP contribution in [-0.4, -0.2) is 35.7 Å². The number of hydrogen-bond acceptors (Lipinski definition) is 4. The summed E-state index contributed by atoms with van der Waals surface area (Å²) in [5.74, 6) is 0. The van der Waals surface area contributed by atoms with E-state index < -0.39 is 0 Å². The van der Waals surface area contributed by atoms with Gasteiger partial charge in [-0.25, -0.2) is 4.79 Å². The van der Waals surface area contributed by atoms with Gasteiger partial charge in [0.1, 0.15) is 0 Å². The Morgan fingerprint density at radius 1 is 1.39 bits per heavy atom. The number of aromatic nitrogens is 1. The highest BCUT2D eigenvalue weighted by Crippen LogP contribution is 2.26. The fourth-order valence-corrected chi connectivity index (χ4v) is 3.13. The first-order valence-corrected chi connectivity index (χ1v) is 7.88. The molecule has 2 aromatic rings. The van der Waals surface area contributed by atoms with Crippen LogP contribution in [0.4, 0.5) is 4.79 Å². The normalized spacial score (nSPS) is 14.0. The molecule has 0 N–H and O–H groups in total. The van der Waals surface area contributed by atoms with Gasteiger partial charge in [0.05, 0.1) is 23.8 Å².